The lowest BCUT2D eigenvalue weighted by molar-refractivity contribution is 0.288. The van der Waals surface area contributed by atoms with Crippen molar-refractivity contribution in [2.75, 3.05) is 6.61 Å². The molecule has 0 fully saturated rings. The Balaban J connectivity index is 2.28. The Labute approximate surface area is 76.4 Å². The number of aromatic nitrogens is 2. The molecule has 0 aliphatic carbocycles. The van der Waals surface area contributed by atoms with Gasteiger partial charge in [0.25, 0.3) is 0 Å². The maximum absolute atomic E-state index is 8.67. The molecule has 3 heteroatoms. The Morgan fingerprint density at radius 3 is 3.15 bits per heavy atom. The van der Waals surface area contributed by atoms with Crippen LogP contribution >= 0.6 is 0 Å². The van der Waals surface area contributed by atoms with E-state index >= 15 is 0 Å². The fourth-order valence-corrected chi connectivity index (χ4v) is 1.42. The summed E-state index contributed by atoms with van der Waals surface area (Å²) in [5, 5.41) is 8.67. The predicted octanol–water partition coefficient (Wildman–Crippen LogP) is 1.49. The smallest absolute Gasteiger partial charge is 0.0881 e. The molecule has 0 bridgehead atoms. The first-order valence-electron chi connectivity index (χ1n) is 4.43. The zero-order valence-electron chi connectivity index (χ0n) is 7.33. The zero-order valence-corrected chi connectivity index (χ0v) is 7.33. The Kier molecular flexibility index (Phi) is 2.27. The number of nitrogens with zero attached hydrogens (tertiary/aromatic N) is 1. The minimum absolute atomic E-state index is 0.239. The number of rotatable bonds is 3. The SMILES string of the molecule is OCCCc1cc2ncccc2[nH]1. The average Bonchev–Trinajstić information content (AvgIpc) is 2.57. The molecule has 0 amide bonds. The van der Waals surface area contributed by atoms with Gasteiger partial charge in [-0.2, -0.15) is 0 Å². The van der Waals surface area contributed by atoms with E-state index in [9.17, 15) is 0 Å². The van der Waals surface area contributed by atoms with Gasteiger partial charge in [0.2, 0.25) is 0 Å². The minimum Gasteiger partial charge on any atom is -0.396 e. The number of hydrogen-bond donors (Lipinski definition) is 2. The van der Waals surface area contributed by atoms with Crippen molar-refractivity contribution >= 4 is 11.0 Å². The predicted molar refractivity (Wildman–Crippen MR) is 51.5 cm³/mol. The molecule has 0 radical (unpaired) electrons. The van der Waals surface area contributed by atoms with Gasteiger partial charge in [-0.3, -0.25) is 4.98 Å². The van der Waals surface area contributed by atoms with E-state index in [2.05, 4.69) is 9.97 Å². The molecule has 2 rings (SSSR count). The van der Waals surface area contributed by atoms with Crippen LogP contribution in [-0.2, 0) is 6.42 Å². The van der Waals surface area contributed by atoms with Crippen LogP contribution in [0.3, 0.4) is 0 Å². The van der Waals surface area contributed by atoms with E-state index in [0.717, 1.165) is 29.6 Å². The molecule has 0 aliphatic rings. The maximum atomic E-state index is 8.67. The highest BCUT2D eigenvalue weighted by Gasteiger charge is 1.99. The number of fused-ring (bicyclic) bond motifs is 1. The number of pyridine rings is 1. The van der Waals surface area contributed by atoms with E-state index in [4.69, 9.17) is 5.11 Å². The van der Waals surface area contributed by atoms with Crippen LogP contribution in [-0.4, -0.2) is 21.7 Å². The van der Waals surface area contributed by atoms with Crippen LogP contribution < -0.4 is 0 Å². The van der Waals surface area contributed by atoms with Gasteiger partial charge in [0.1, 0.15) is 0 Å². The van der Waals surface area contributed by atoms with Crippen molar-refractivity contribution in [3.05, 3.63) is 30.1 Å². The Morgan fingerprint density at radius 2 is 2.38 bits per heavy atom. The summed E-state index contributed by atoms with van der Waals surface area (Å²) in [4.78, 5) is 7.47. The van der Waals surface area contributed by atoms with Gasteiger partial charge in [-0.1, -0.05) is 0 Å². The van der Waals surface area contributed by atoms with E-state index < -0.39 is 0 Å². The molecule has 2 heterocycles. The van der Waals surface area contributed by atoms with Crippen molar-refractivity contribution in [3.8, 4) is 0 Å². The normalized spacial score (nSPS) is 10.8. The first-order valence-corrected chi connectivity index (χ1v) is 4.43. The van der Waals surface area contributed by atoms with Crippen molar-refractivity contribution in [3.63, 3.8) is 0 Å². The number of aryl methyl sites for hydroxylation is 1. The highest BCUT2D eigenvalue weighted by molar-refractivity contribution is 5.75. The quantitative estimate of drug-likeness (QED) is 0.744. The third-order valence-electron chi connectivity index (χ3n) is 2.05. The molecule has 13 heavy (non-hydrogen) atoms. The fourth-order valence-electron chi connectivity index (χ4n) is 1.42. The van der Waals surface area contributed by atoms with E-state index in [-0.39, 0.29) is 6.61 Å². The molecular formula is C10H12N2O. The second-order valence-corrected chi connectivity index (χ2v) is 3.06. The zero-order chi connectivity index (χ0) is 9.10. The van der Waals surface area contributed by atoms with Crippen LogP contribution in [0, 0.1) is 0 Å². The standard InChI is InChI=1S/C10H12N2O/c13-6-2-3-8-7-10-9(12-8)4-1-5-11-10/h1,4-5,7,12-13H,2-3,6H2. The van der Waals surface area contributed by atoms with Gasteiger partial charge in [-0.05, 0) is 31.0 Å². The molecule has 0 unspecified atom stereocenters. The third kappa shape index (κ3) is 1.70. The fraction of sp³-hybridized carbons (Fsp3) is 0.300. The molecule has 2 aromatic heterocycles. The Bertz CT molecular complexity index is 361. The van der Waals surface area contributed by atoms with Gasteiger partial charge < -0.3 is 10.1 Å². The lowest BCUT2D eigenvalue weighted by Gasteiger charge is -1.91. The van der Waals surface area contributed by atoms with Crippen molar-refractivity contribution in [2.24, 2.45) is 0 Å². The van der Waals surface area contributed by atoms with Crippen LogP contribution in [0.4, 0.5) is 0 Å². The van der Waals surface area contributed by atoms with E-state index in [1.165, 1.54) is 0 Å². The van der Waals surface area contributed by atoms with E-state index in [1.54, 1.807) is 6.20 Å². The van der Waals surface area contributed by atoms with E-state index in [1.807, 2.05) is 18.2 Å². The molecule has 2 aromatic rings. The molecule has 0 aromatic carbocycles. The van der Waals surface area contributed by atoms with Crippen LogP contribution in [0.1, 0.15) is 12.1 Å². The average molecular weight is 176 g/mol. The molecule has 68 valence electrons. The number of aliphatic hydroxyl groups is 1. The first kappa shape index (κ1) is 8.26. The first-order chi connectivity index (χ1) is 6.40. The van der Waals surface area contributed by atoms with E-state index in [0.29, 0.717) is 0 Å². The van der Waals surface area contributed by atoms with Gasteiger partial charge >= 0.3 is 0 Å². The van der Waals surface area contributed by atoms with Gasteiger partial charge in [-0.25, -0.2) is 0 Å². The summed E-state index contributed by atoms with van der Waals surface area (Å²) < 4.78 is 0. The molecule has 0 spiro atoms. The maximum Gasteiger partial charge on any atom is 0.0881 e. The monoisotopic (exact) mass is 176 g/mol. The summed E-state index contributed by atoms with van der Waals surface area (Å²) in [6.07, 6.45) is 3.46. The highest BCUT2D eigenvalue weighted by Crippen LogP contribution is 2.12. The molecule has 2 N–H and O–H groups in total. The van der Waals surface area contributed by atoms with Crippen molar-refractivity contribution in [1.82, 2.24) is 9.97 Å². The lowest BCUT2D eigenvalue weighted by Crippen LogP contribution is -1.88. The van der Waals surface area contributed by atoms with Crippen molar-refractivity contribution < 1.29 is 5.11 Å². The highest BCUT2D eigenvalue weighted by atomic mass is 16.2. The summed E-state index contributed by atoms with van der Waals surface area (Å²) in [7, 11) is 0. The lowest BCUT2D eigenvalue weighted by atomic mass is 10.2. The summed E-state index contributed by atoms with van der Waals surface area (Å²) in [6, 6.07) is 5.95. The van der Waals surface area contributed by atoms with Crippen molar-refractivity contribution in [1.29, 1.82) is 0 Å². The number of aromatic amines is 1. The molecule has 0 aliphatic heterocycles. The third-order valence-corrected chi connectivity index (χ3v) is 2.05. The Hall–Kier alpha value is -1.35. The van der Waals surface area contributed by atoms with Gasteiger partial charge in [0.05, 0.1) is 11.0 Å². The van der Waals surface area contributed by atoms with Gasteiger partial charge in [0, 0.05) is 18.5 Å². The van der Waals surface area contributed by atoms with Crippen molar-refractivity contribution in [2.45, 2.75) is 12.8 Å². The van der Waals surface area contributed by atoms with Gasteiger partial charge in [-0.15, -0.1) is 0 Å². The van der Waals surface area contributed by atoms with Crippen LogP contribution in [0.5, 0.6) is 0 Å². The Morgan fingerprint density at radius 1 is 1.46 bits per heavy atom. The summed E-state index contributed by atoms with van der Waals surface area (Å²) in [5.41, 5.74) is 3.20. The number of H-pyrrole nitrogens is 1. The number of nitrogens with one attached hydrogen (secondary N) is 1. The summed E-state index contributed by atoms with van der Waals surface area (Å²) in [5.74, 6) is 0. The second-order valence-electron chi connectivity index (χ2n) is 3.06. The van der Waals surface area contributed by atoms with Crippen LogP contribution in [0.2, 0.25) is 0 Å². The molecule has 0 saturated carbocycles. The van der Waals surface area contributed by atoms with Crippen LogP contribution in [0.15, 0.2) is 24.4 Å². The molecule has 0 atom stereocenters. The summed E-state index contributed by atoms with van der Waals surface area (Å²) >= 11 is 0. The second kappa shape index (κ2) is 3.58. The molecular weight excluding hydrogens is 164 g/mol. The van der Waals surface area contributed by atoms with Crippen LogP contribution in [0.25, 0.3) is 11.0 Å². The number of hydrogen-bond acceptors (Lipinski definition) is 2. The largest absolute Gasteiger partial charge is 0.396 e. The molecule has 3 nitrogen and oxygen atoms in total. The number of aliphatic hydroxyl groups excluding tert-OH is 1. The topological polar surface area (TPSA) is 48.9 Å². The summed E-state index contributed by atoms with van der Waals surface area (Å²) in [6.45, 7) is 0.239. The minimum atomic E-state index is 0.239. The molecule has 0 saturated heterocycles. The van der Waals surface area contributed by atoms with Gasteiger partial charge in [0.15, 0.2) is 0 Å².